The van der Waals surface area contributed by atoms with Crippen molar-refractivity contribution in [1.29, 1.82) is 0 Å². The van der Waals surface area contributed by atoms with Crippen molar-refractivity contribution in [2.75, 3.05) is 7.11 Å². The SMILES string of the molecule is COc1cc2c(ccc3ccccc32)[o+]c1-c1ccc(O)c(O)c1. The van der Waals surface area contributed by atoms with Crippen molar-refractivity contribution in [1.82, 2.24) is 0 Å². The van der Waals surface area contributed by atoms with Gasteiger partial charge in [0.15, 0.2) is 11.5 Å². The van der Waals surface area contributed by atoms with Gasteiger partial charge in [0.1, 0.15) is 0 Å². The van der Waals surface area contributed by atoms with E-state index < -0.39 is 0 Å². The fourth-order valence-electron chi connectivity index (χ4n) is 2.89. The second kappa shape index (κ2) is 5.42. The fraction of sp³-hybridized carbons (Fsp3) is 0.0500. The molecule has 3 aromatic carbocycles. The highest BCUT2D eigenvalue weighted by molar-refractivity contribution is 6.06. The van der Waals surface area contributed by atoms with Crippen molar-refractivity contribution in [3.05, 3.63) is 60.7 Å². The predicted octanol–water partition coefficient (Wildman–Crippen LogP) is 4.95. The summed E-state index contributed by atoms with van der Waals surface area (Å²) in [6.07, 6.45) is 0. The number of fused-ring (bicyclic) bond motifs is 3. The first-order chi connectivity index (χ1) is 11.7. The van der Waals surface area contributed by atoms with Gasteiger partial charge in [-0.05, 0) is 29.0 Å². The summed E-state index contributed by atoms with van der Waals surface area (Å²) >= 11 is 0. The van der Waals surface area contributed by atoms with E-state index in [1.807, 2.05) is 42.5 Å². The van der Waals surface area contributed by atoms with E-state index in [1.54, 1.807) is 13.2 Å². The highest BCUT2D eigenvalue weighted by Gasteiger charge is 2.24. The zero-order chi connectivity index (χ0) is 16.7. The van der Waals surface area contributed by atoms with Gasteiger partial charge in [-0.2, -0.15) is 0 Å². The van der Waals surface area contributed by atoms with Gasteiger partial charge in [-0.1, -0.05) is 24.3 Å². The molecule has 1 heterocycles. The molecule has 0 bridgehead atoms. The topological polar surface area (TPSA) is 61.0 Å². The van der Waals surface area contributed by atoms with Crippen molar-refractivity contribution >= 4 is 21.7 Å². The summed E-state index contributed by atoms with van der Waals surface area (Å²) in [6.45, 7) is 0. The van der Waals surface area contributed by atoms with E-state index in [4.69, 9.17) is 9.15 Å². The van der Waals surface area contributed by atoms with Crippen molar-refractivity contribution in [2.45, 2.75) is 0 Å². The summed E-state index contributed by atoms with van der Waals surface area (Å²) in [5, 5.41) is 22.4. The Hall–Kier alpha value is -3.27. The van der Waals surface area contributed by atoms with Crippen LogP contribution in [0, 0.1) is 0 Å². The van der Waals surface area contributed by atoms with Crippen LogP contribution in [0.5, 0.6) is 17.2 Å². The summed E-state index contributed by atoms with van der Waals surface area (Å²) in [4.78, 5) is 0. The van der Waals surface area contributed by atoms with E-state index in [1.165, 1.54) is 12.1 Å². The van der Waals surface area contributed by atoms with Gasteiger partial charge in [0, 0.05) is 18.2 Å². The molecule has 2 N–H and O–H groups in total. The zero-order valence-electron chi connectivity index (χ0n) is 13.0. The molecule has 1 aromatic heterocycles. The van der Waals surface area contributed by atoms with Gasteiger partial charge >= 0.3 is 11.3 Å². The number of hydrogen-bond acceptors (Lipinski definition) is 3. The van der Waals surface area contributed by atoms with E-state index in [2.05, 4.69) is 0 Å². The lowest BCUT2D eigenvalue weighted by molar-refractivity contribution is 0.399. The monoisotopic (exact) mass is 319 g/mol. The second-order valence-corrected chi connectivity index (χ2v) is 5.55. The number of rotatable bonds is 2. The van der Waals surface area contributed by atoms with Crippen LogP contribution in [0.3, 0.4) is 0 Å². The van der Waals surface area contributed by atoms with Crippen molar-refractivity contribution < 1.29 is 19.4 Å². The van der Waals surface area contributed by atoms with E-state index in [0.717, 1.165) is 21.7 Å². The first-order valence-corrected chi connectivity index (χ1v) is 7.52. The number of phenolic OH excluding ortho intramolecular Hbond substituents is 2. The Morgan fingerprint density at radius 1 is 0.833 bits per heavy atom. The predicted molar refractivity (Wildman–Crippen MR) is 93.4 cm³/mol. The Balaban J connectivity index is 2.02. The van der Waals surface area contributed by atoms with E-state index >= 15 is 0 Å². The van der Waals surface area contributed by atoms with E-state index in [9.17, 15) is 10.2 Å². The Labute approximate surface area is 138 Å². The van der Waals surface area contributed by atoms with Gasteiger partial charge < -0.3 is 14.9 Å². The third-order valence-electron chi connectivity index (χ3n) is 4.10. The van der Waals surface area contributed by atoms with Crippen LogP contribution in [0.15, 0.2) is 65.1 Å². The molecular weight excluding hydrogens is 304 g/mol. The molecule has 0 unspecified atom stereocenters. The molecule has 0 aliphatic heterocycles. The average molecular weight is 319 g/mol. The van der Waals surface area contributed by atoms with E-state index in [0.29, 0.717) is 17.1 Å². The van der Waals surface area contributed by atoms with Crippen molar-refractivity contribution in [3.63, 3.8) is 0 Å². The number of ether oxygens (including phenoxy) is 1. The molecule has 4 rings (SSSR count). The molecule has 0 radical (unpaired) electrons. The van der Waals surface area contributed by atoms with Crippen LogP contribution < -0.4 is 4.74 Å². The van der Waals surface area contributed by atoms with Gasteiger partial charge in [-0.25, -0.2) is 4.42 Å². The van der Waals surface area contributed by atoms with Crippen LogP contribution in [0.1, 0.15) is 0 Å². The fourth-order valence-corrected chi connectivity index (χ4v) is 2.89. The summed E-state index contributed by atoms with van der Waals surface area (Å²) < 4.78 is 11.5. The average Bonchev–Trinajstić information content (AvgIpc) is 2.62. The van der Waals surface area contributed by atoms with Crippen molar-refractivity contribution in [3.8, 4) is 28.6 Å². The van der Waals surface area contributed by atoms with Gasteiger partial charge in [0.25, 0.3) is 0 Å². The third kappa shape index (κ3) is 2.20. The molecule has 0 saturated carbocycles. The second-order valence-electron chi connectivity index (χ2n) is 5.55. The van der Waals surface area contributed by atoms with Gasteiger partial charge in [-0.3, -0.25) is 0 Å². The minimum Gasteiger partial charge on any atom is -0.504 e. The maximum absolute atomic E-state index is 9.75. The number of methoxy groups -OCH3 is 1. The normalized spacial score (nSPS) is 11.0. The molecule has 4 aromatic rings. The summed E-state index contributed by atoms with van der Waals surface area (Å²) in [7, 11) is 1.57. The molecule has 0 aliphatic rings. The van der Waals surface area contributed by atoms with Crippen LogP contribution in [-0.2, 0) is 0 Å². The Bertz CT molecular complexity index is 1070. The van der Waals surface area contributed by atoms with Gasteiger partial charge in [0.05, 0.1) is 18.1 Å². The lowest BCUT2D eigenvalue weighted by Crippen LogP contribution is -1.89. The zero-order valence-corrected chi connectivity index (χ0v) is 13.0. The minimum atomic E-state index is -0.205. The number of aromatic hydroxyl groups is 2. The number of phenols is 2. The highest BCUT2D eigenvalue weighted by atomic mass is 16.5. The molecule has 118 valence electrons. The molecule has 4 heteroatoms. The Kier molecular flexibility index (Phi) is 3.24. The van der Waals surface area contributed by atoms with Crippen LogP contribution >= 0.6 is 0 Å². The Morgan fingerprint density at radius 3 is 2.46 bits per heavy atom. The quantitative estimate of drug-likeness (QED) is 0.312. The number of benzene rings is 3. The minimum absolute atomic E-state index is 0.176. The number of hydrogen-bond donors (Lipinski definition) is 2. The molecule has 0 fully saturated rings. The molecule has 24 heavy (non-hydrogen) atoms. The Morgan fingerprint density at radius 2 is 1.67 bits per heavy atom. The van der Waals surface area contributed by atoms with Crippen LogP contribution in [-0.4, -0.2) is 17.3 Å². The standard InChI is InChI=1S/C20H14O4/c1-23-19-11-15-14-5-3-2-4-12(14)7-9-18(15)24-20(19)13-6-8-16(21)17(22)10-13/h2-11H,1H3,(H-,21,22)/p+1. The largest absolute Gasteiger partial charge is 0.504 e. The smallest absolute Gasteiger partial charge is 0.402 e. The molecule has 0 atom stereocenters. The van der Waals surface area contributed by atoms with Gasteiger partial charge in [-0.15, -0.1) is 0 Å². The lowest BCUT2D eigenvalue weighted by Gasteiger charge is -2.04. The maximum atomic E-state index is 9.75. The summed E-state index contributed by atoms with van der Waals surface area (Å²) in [6, 6.07) is 18.5. The molecule has 0 saturated heterocycles. The first-order valence-electron chi connectivity index (χ1n) is 7.52. The molecule has 0 aliphatic carbocycles. The summed E-state index contributed by atoms with van der Waals surface area (Å²) in [5.41, 5.74) is 1.34. The van der Waals surface area contributed by atoms with Gasteiger partial charge in [0.2, 0.25) is 5.75 Å². The maximum Gasteiger partial charge on any atom is 0.402 e. The molecule has 4 nitrogen and oxygen atoms in total. The lowest BCUT2D eigenvalue weighted by atomic mass is 10.0. The summed E-state index contributed by atoms with van der Waals surface area (Å²) in [5.74, 6) is 0.674. The first kappa shape index (κ1) is 14.3. The van der Waals surface area contributed by atoms with Crippen LogP contribution in [0.4, 0.5) is 0 Å². The molecular formula is C20H15O4+. The molecule has 0 spiro atoms. The van der Waals surface area contributed by atoms with E-state index in [-0.39, 0.29) is 11.5 Å². The van der Waals surface area contributed by atoms with Crippen LogP contribution in [0.25, 0.3) is 33.1 Å². The van der Waals surface area contributed by atoms with Crippen molar-refractivity contribution in [2.24, 2.45) is 0 Å². The van der Waals surface area contributed by atoms with Crippen LogP contribution in [0.2, 0.25) is 0 Å². The third-order valence-corrected chi connectivity index (χ3v) is 4.10. The highest BCUT2D eigenvalue weighted by Crippen LogP contribution is 2.39. The molecule has 0 amide bonds.